The second-order valence-electron chi connectivity index (χ2n) is 7.46. The minimum atomic E-state index is -3.52. The Morgan fingerprint density at radius 3 is 2.00 bits per heavy atom. The van der Waals surface area contributed by atoms with Crippen LogP contribution in [0.4, 0.5) is 10.5 Å². The maximum absolute atomic E-state index is 12.9. The van der Waals surface area contributed by atoms with Gasteiger partial charge < -0.3 is 16.0 Å². The van der Waals surface area contributed by atoms with E-state index in [1.807, 2.05) is 24.3 Å². The van der Waals surface area contributed by atoms with Crippen molar-refractivity contribution in [3.63, 3.8) is 0 Å². The zero-order valence-electron chi connectivity index (χ0n) is 18.4. The van der Waals surface area contributed by atoms with Gasteiger partial charge in [0.1, 0.15) is 6.04 Å². The highest BCUT2D eigenvalue weighted by Gasteiger charge is 2.23. The number of sulfonamides is 1. The molecule has 0 aliphatic rings. The van der Waals surface area contributed by atoms with Gasteiger partial charge in [0.25, 0.3) is 5.91 Å². The van der Waals surface area contributed by atoms with E-state index in [-0.39, 0.29) is 17.3 Å². The van der Waals surface area contributed by atoms with Crippen LogP contribution in [0.15, 0.2) is 89.8 Å². The molecule has 3 aromatic carbocycles. The lowest BCUT2D eigenvalue weighted by Crippen LogP contribution is -2.42. The molecule has 0 saturated carbocycles. The standard InChI is InChI=1S/C24H26N4O4S/c1-28(2)33(31,32)21-15-13-18(14-16-21)17-25-24(30)27-22(19-9-5-3-6-10-19)23(29)26-20-11-7-4-8-12-20/h3-16,22H,17H2,1-2H3,(H,26,29)(H2,25,27,30). The van der Waals surface area contributed by atoms with Crippen molar-refractivity contribution in [3.8, 4) is 0 Å². The van der Waals surface area contributed by atoms with Crippen LogP contribution >= 0.6 is 0 Å². The Kier molecular flexibility index (Phi) is 7.81. The number of carbonyl (C=O) groups is 2. The van der Waals surface area contributed by atoms with Crippen LogP contribution in [0.3, 0.4) is 0 Å². The zero-order valence-corrected chi connectivity index (χ0v) is 19.2. The Labute approximate surface area is 193 Å². The number of hydrogen-bond donors (Lipinski definition) is 3. The third-order valence-corrected chi connectivity index (χ3v) is 6.70. The first-order valence-electron chi connectivity index (χ1n) is 10.2. The molecule has 33 heavy (non-hydrogen) atoms. The Bertz CT molecular complexity index is 1180. The summed E-state index contributed by atoms with van der Waals surface area (Å²) < 4.78 is 25.5. The second kappa shape index (κ2) is 10.8. The molecule has 0 aliphatic carbocycles. The molecule has 0 spiro atoms. The van der Waals surface area contributed by atoms with E-state index in [1.54, 1.807) is 48.5 Å². The monoisotopic (exact) mass is 466 g/mol. The minimum absolute atomic E-state index is 0.163. The summed E-state index contributed by atoms with van der Waals surface area (Å²) in [6.45, 7) is 0.163. The zero-order chi connectivity index (χ0) is 23.8. The average molecular weight is 467 g/mol. The molecule has 0 bridgehead atoms. The van der Waals surface area contributed by atoms with Crippen molar-refractivity contribution >= 4 is 27.6 Å². The first-order chi connectivity index (χ1) is 15.8. The first kappa shape index (κ1) is 24.0. The smallest absolute Gasteiger partial charge is 0.315 e. The Balaban J connectivity index is 1.65. The van der Waals surface area contributed by atoms with Crippen molar-refractivity contribution in [3.05, 3.63) is 96.1 Å². The van der Waals surface area contributed by atoms with E-state index in [2.05, 4.69) is 16.0 Å². The minimum Gasteiger partial charge on any atom is -0.334 e. The van der Waals surface area contributed by atoms with E-state index in [1.165, 1.54) is 26.2 Å². The van der Waals surface area contributed by atoms with Crippen molar-refractivity contribution < 1.29 is 18.0 Å². The van der Waals surface area contributed by atoms with Gasteiger partial charge in [-0.2, -0.15) is 0 Å². The summed E-state index contributed by atoms with van der Waals surface area (Å²) in [5, 5.41) is 8.23. The Morgan fingerprint density at radius 1 is 0.848 bits per heavy atom. The number of para-hydroxylation sites is 1. The largest absolute Gasteiger partial charge is 0.334 e. The van der Waals surface area contributed by atoms with Gasteiger partial charge in [0.15, 0.2) is 0 Å². The van der Waals surface area contributed by atoms with Crippen molar-refractivity contribution in [2.24, 2.45) is 0 Å². The number of urea groups is 1. The molecule has 3 aromatic rings. The molecule has 9 heteroatoms. The molecule has 172 valence electrons. The summed E-state index contributed by atoms with van der Waals surface area (Å²) >= 11 is 0. The van der Waals surface area contributed by atoms with Gasteiger partial charge in [-0.3, -0.25) is 4.79 Å². The van der Waals surface area contributed by atoms with E-state index >= 15 is 0 Å². The van der Waals surface area contributed by atoms with E-state index < -0.39 is 22.1 Å². The molecule has 1 atom stereocenters. The van der Waals surface area contributed by atoms with Crippen LogP contribution in [0, 0.1) is 0 Å². The third kappa shape index (κ3) is 6.41. The van der Waals surface area contributed by atoms with Crippen LogP contribution in [-0.4, -0.2) is 38.8 Å². The Morgan fingerprint density at radius 2 is 1.42 bits per heavy atom. The molecular formula is C24H26N4O4S. The lowest BCUT2D eigenvalue weighted by molar-refractivity contribution is -0.118. The summed E-state index contributed by atoms with van der Waals surface area (Å²) in [6, 6.07) is 22.7. The molecule has 0 saturated heterocycles. The number of hydrogen-bond acceptors (Lipinski definition) is 4. The summed E-state index contributed by atoms with van der Waals surface area (Å²) in [4.78, 5) is 25.6. The van der Waals surface area contributed by atoms with Gasteiger partial charge in [-0.25, -0.2) is 17.5 Å². The molecule has 8 nitrogen and oxygen atoms in total. The van der Waals surface area contributed by atoms with E-state index in [0.29, 0.717) is 16.8 Å². The van der Waals surface area contributed by atoms with Crippen LogP contribution in [0.2, 0.25) is 0 Å². The number of nitrogens with one attached hydrogen (secondary N) is 3. The summed E-state index contributed by atoms with van der Waals surface area (Å²) in [5.41, 5.74) is 1.98. The van der Waals surface area contributed by atoms with E-state index in [9.17, 15) is 18.0 Å². The molecular weight excluding hydrogens is 440 g/mol. The van der Waals surface area contributed by atoms with E-state index in [0.717, 1.165) is 4.31 Å². The van der Waals surface area contributed by atoms with Crippen LogP contribution in [0.25, 0.3) is 0 Å². The molecule has 1 unspecified atom stereocenters. The number of anilines is 1. The highest BCUT2D eigenvalue weighted by atomic mass is 32.2. The van der Waals surface area contributed by atoms with Gasteiger partial charge in [0.2, 0.25) is 10.0 Å². The predicted molar refractivity (Wildman–Crippen MR) is 127 cm³/mol. The molecule has 0 heterocycles. The topological polar surface area (TPSA) is 108 Å². The van der Waals surface area contributed by atoms with Gasteiger partial charge in [0, 0.05) is 26.3 Å². The first-order valence-corrected chi connectivity index (χ1v) is 11.7. The number of benzene rings is 3. The Hall–Kier alpha value is -3.69. The maximum atomic E-state index is 12.9. The predicted octanol–water partition coefficient (Wildman–Crippen LogP) is 3.12. The van der Waals surface area contributed by atoms with Gasteiger partial charge in [-0.1, -0.05) is 60.7 Å². The average Bonchev–Trinajstić information content (AvgIpc) is 2.82. The molecule has 0 fully saturated rings. The lowest BCUT2D eigenvalue weighted by Gasteiger charge is -2.19. The SMILES string of the molecule is CN(C)S(=O)(=O)c1ccc(CNC(=O)NC(C(=O)Nc2ccccc2)c2ccccc2)cc1. The van der Waals surface area contributed by atoms with Crippen molar-refractivity contribution in [2.75, 3.05) is 19.4 Å². The molecule has 0 aromatic heterocycles. The highest BCUT2D eigenvalue weighted by Crippen LogP contribution is 2.17. The third-order valence-electron chi connectivity index (χ3n) is 4.87. The summed E-state index contributed by atoms with van der Waals surface area (Å²) in [6.07, 6.45) is 0. The van der Waals surface area contributed by atoms with Crippen molar-refractivity contribution in [2.45, 2.75) is 17.5 Å². The number of rotatable bonds is 8. The normalized spacial score (nSPS) is 12.1. The molecule has 3 N–H and O–H groups in total. The quantitative estimate of drug-likeness (QED) is 0.474. The van der Waals surface area contributed by atoms with Crippen molar-refractivity contribution in [1.29, 1.82) is 0 Å². The maximum Gasteiger partial charge on any atom is 0.315 e. The van der Waals surface area contributed by atoms with Gasteiger partial charge in [-0.15, -0.1) is 0 Å². The van der Waals surface area contributed by atoms with Gasteiger partial charge in [0.05, 0.1) is 4.90 Å². The molecule has 0 aliphatic heterocycles. The molecule has 3 rings (SSSR count). The van der Waals surface area contributed by atoms with Crippen LogP contribution in [-0.2, 0) is 21.4 Å². The second-order valence-corrected chi connectivity index (χ2v) is 9.61. The van der Waals surface area contributed by atoms with Crippen molar-refractivity contribution in [1.82, 2.24) is 14.9 Å². The summed E-state index contributed by atoms with van der Waals surface area (Å²) in [5.74, 6) is -0.374. The van der Waals surface area contributed by atoms with Crippen LogP contribution < -0.4 is 16.0 Å². The van der Waals surface area contributed by atoms with Crippen LogP contribution in [0.5, 0.6) is 0 Å². The van der Waals surface area contributed by atoms with Gasteiger partial charge >= 0.3 is 6.03 Å². The fourth-order valence-corrected chi connectivity index (χ4v) is 3.94. The number of nitrogens with zero attached hydrogens (tertiary/aromatic N) is 1. The van der Waals surface area contributed by atoms with Gasteiger partial charge in [-0.05, 0) is 35.4 Å². The summed E-state index contributed by atoms with van der Waals surface area (Å²) in [7, 11) is -0.589. The van der Waals surface area contributed by atoms with E-state index in [4.69, 9.17) is 0 Å². The number of carbonyl (C=O) groups excluding carboxylic acids is 2. The number of amides is 3. The fraction of sp³-hybridized carbons (Fsp3) is 0.167. The highest BCUT2D eigenvalue weighted by molar-refractivity contribution is 7.89. The lowest BCUT2D eigenvalue weighted by atomic mass is 10.1. The van der Waals surface area contributed by atoms with Crippen LogP contribution in [0.1, 0.15) is 17.2 Å². The molecule has 0 radical (unpaired) electrons. The fourth-order valence-electron chi connectivity index (χ4n) is 3.04. The molecule has 3 amide bonds.